The second-order valence-corrected chi connectivity index (χ2v) is 7.56. The van der Waals surface area contributed by atoms with Gasteiger partial charge in [-0.15, -0.1) is 10.2 Å². The van der Waals surface area contributed by atoms with Crippen molar-refractivity contribution in [3.63, 3.8) is 0 Å². The molecule has 0 aliphatic carbocycles. The highest BCUT2D eigenvalue weighted by Gasteiger charge is 2.19. The van der Waals surface area contributed by atoms with Crippen molar-refractivity contribution < 1.29 is 4.79 Å². The molecule has 4 aromatic rings. The topological polar surface area (TPSA) is 73.6 Å². The predicted octanol–water partition coefficient (Wildman–Crippen LogP) is 4.46. The molecule has 2 aromatic heterocycles. The summed E-state index contributed by atoms with van der Waals surface area (Å²) in [4.78, 5) is 21.1. The van der Waals surface area contributed by atoms with Gasteiger partial charge in [-0.2, -0.15) is 0 Å². The van der Waals surface area contributed by atoms with Crippen molar-refractivity contribution in [2.75, 3.05) is 5.75 Å². The predicted molar refractivity (Wildman–Crippen MR) is 112 cm³/mol. The maximum absolute atomic E-state index is 12.6. The Hall–Kier alpha value is -2.84. The second kappa shape index (κ2) is 8.45. The van der Waals surface area contributed by atoms with Crippen LogP contribution in [0.15, 0.2) is 82.8 Å². The van der Waals surface area contributed by atoms with Crippen LogP contribution in [0.1, 0.15) is 10.4 Å². The number of aromatic nitrogens is 5. The van der Waals surface area contributed by atoms with E-state index in [9.17, 15) is 4.79 Å². The summed E-state index contributed by atoms with van der Waals surface area (Å²) in [6.07, 6.45) is 4.87. The molecule has 4 rings (SSSR count). The van der Waals surface area contributed by atoms with Crippen molar-refractivity contribution in [3.05, 3.63) is 83.2 Å². The Labute approximate surface area is 174 Å². The Balaban J connectivity index is 1.67. The van der Waals surface area contributed by atoms with Crippen molar-refractivity contribution in [1.82, 2.24) is 24.7 Å². The minimum absolute atomic E-state index is 0.0149. The van der Waals surface area contributed by atoms with E-state index >= 15 is 0 Å². The normalized spacial score (nSPS) is 10.8. The quantitative estimate of drug-likeness (QED) is 0.318. The molecule has 0 amide bonds. The number of Topliss-reactive ketones (excluding diaryl/α,β-unsaturated/α-hetero) is 1. The van der Waals surface area contributed by atoms with Crippen molar-refractivity contribution >= 4 is 33.5 Å². The summed E-state index contributed by atoms with van der Waals surface area (Å²) in [5.74, 6) is 0.838. The first-order valence-corrected chi connectivity index (χ1v) is 10.2. The third kappa shape index (κ3) is 3.88. The van der Waals surface area contributed by atoms with Gasteiger partial charge in [-0.25, -0.2) is 4.98 Å². The first-order valence-electron chi connectivity index (χ1n) is 8.42. The summed E-state index contributed by atoms with van der Waals surface area (Å²) in [6, 6.07) is 17.1. The van der Waals surface area contributed by atoms with E-state index in [4.69, 9.17) is 0 Å². The van der Waals surface area contributed by atoms with Gasteiger partial charge in [-0.3, -0.25) is 14.3 Å². The molecular formula is C20H14BrN5OS. The van der Waals surface area contributed by atoms with Crippen LogP contribution in [0.5, 0.6) is 0 Å². The van der Waals surface area contributed by atoms with Gasteiger partial charge in [0.15, 0.2) is 16.8 Å². The molecule has 0 aliphatic rings. The molecule has 2 heterocycles. The van der Waals surface area contributed by atoms with Gasteiger partial charge >= 0.3 is 0 Å². The zero-order valence-electron chi connectivity index (χ0n) is 14.6. The lowest BCUT2D eigenvalue weighted by molar-refractivity contribution is 0.102. The maximum atomic E-state index is 12.6. The lowest BCUT2D eigenvalue weighted by Crippen LogP contribution is -2.06. The van der Waals surface area contributed by atoms with Crippen LogP contribution < -0.4 is 0 Å². The molecule has 8 heteroatoms. The van der Waals surface area contributed by atoms with E-state index in [1.54, 1.807) is 24.7 Å². The summed E-state index contributed by atoms with van der Waals surface area (Å²) in [6.45, 7) is 0. The minimum atomic E-state index is 0.0149. The molecule has 0 fully saturated rings. The number of nitrogens with zero attached hydrogens (tertiary/aromatic N) is 5. The molecular weight excluding hydrogens is 438 g/mol. The third-order valence-corrected chi connectivity index (χ3v) is 5.57. The molecule has 138 valence electrons. The van der Waals surface area contributed by atoms with Crippen LogP contribution in [-0.4, -0.2) is 36.3 Å². The average molecular weight is 452 g/mol. The van der Waals surface area contributed by atoms with Crippen LogP contribution in [0.2, 0.25) is 0 Å². The van der Waals surface area contributed by atoms with E-state index < -0.39 is 0 Å². The summed E-state index contributed by atoms with van der Waals surface area (Å²) in [7, 11) is 0. The fourth-order valence-corrected chi connectivity index (χ4v) is 3.99. The Morgan fingerprint density at radius 1 is 1.00 bits per heavy atom. The van der Waals surface area contributed by atoms with Crippen LogP contribution in [0, 0.1) is 0 Å². The molecule has 0 N–H and O–H groups in total. The number of hydrogen-bond donors (Lipinski definition) is 0. The number of carbonyl (C=O) groups is 1. The van der Waals surface area contributed by atoms with Crippen LogP contribution in [0.25, 0.3) is 17.2 Å². The number of para-hydroxylation sites is 1. The number of rotatable bonds is 6. The van der Waals surface area contributed by atoms with Crippen molar-refractivity contribution in [3.8, 4) is 17.2 Å². The molecule has 0 saturated carbocycles. The molecule has 2 aromatic carbocycles. The number of benzene rings is 2. The van der Waals surface area contributed by atoms with Crippen molar-refractivity contribution in [2.45, 2.75) is 5.16 Å². The highest BCUT2D eigenvalue weighted by Crippen LogP contribution is 2.28. The lowest BCUT2D eigenvalue weighted by atomic mass is 10.1. The number of carbonyl (C=O) groups excluding carboxylic acids is 1. The van der Waals surface area contributed by atoms with Gasteiger partial charge in [-0.1, -0.05) is 64.1 Å². The van der Waals surface area contributed by atoms with Gasteiger partial charge in [-0.05, 0) is 18.2 Å². The van der Waals surface area contributed by atoms with Gasteiger partial charge in [0.25, 0.3) is 0 Å². The smallest absolute Gasteiger partial charge is 0.196 e. The zero-order chi connectivity index (χ0) is 19.3. The van der Waals surface area contributed by atoms with E-state index in [2.05, 4.69) is 36.1 Å². The molecule has 0 spiro atoms. The standard InChI is InChI=1S/C20H14BrN5OS/c21-16-9-5-4-8-15(16)18(27)13-28-20-25-24-19(17-12-22-10-11-23-17)26(20)14-6-2-1-3-7-14/h1-12H,13H2. The third-order valence-electron chi connectivity index (χ3n) is 3.95. The zero-order valence-corrected chi connectivity index (χ0v) is 17.0. The molecule has 0 atom stereocenters. The van der Waals surface area contributed by atoms with Crippen LogP contribution >= 0.6 is 27.7 Å². The fraction of sp³-hybridized carbons (Fsp3) is 0.0500. The molecule has 6 nitrogen and oxygen atoms in total. The summed E-state index contributed by atoms with van der Waals surface area (Å²) in [5, 5.41) is 9.22. The summed E-state index contributed by atoms with van der Waals surface area (Å²) in [5.41, 5.74) is 2.15. The minimum Gasteiger partial charge on any atom is -0.293 e. The first kappa shape index (κ1) is 18.5. The van der Waals surface area contributed by atoms with E-state index in [1.807, 2.05) is 53.1 Å². The molecule has 28 heavy (non-hydrogen) atoms. The molecule has 0 saturated heterocycles. The van der Waals surface area contributed by atoms with E-state index in [0.717, 1.165) is 10.2 Å². The fourth-order valence-electron chi connectivity index (χ4n) is 2.65. The Bertz CT molecular complexity index is 1100. The lowest BCUT2D eigenvalue weighted by Gasteiger charge is -2.09. The Morgan fingerprint density at radius 2 is 1.79 bits per heavy atom. The summed E-state index contributed by atoms with van der Waals surface area (Å²) >= 11 is 4.77. The number of thioether (sulfide) groups is 1. The van der Waals surface area contributed by atoms with Gasteiger partial charge in [0.2, 0.25) is 0 Å². The second-order valence-electron chi connectivity index (χ2n) is 5.76. The van der Waals surface area contributed by atoms with Crippen LogP contribution in [-0.2, 0) is 0 Å². The largest absolute Gasteiger partial charge is 0.293 e. The molecule has 0 aliphatic heterocycles. The summed E-state index contributed by atoms with van der Waals surface area (Å²) < 4.78 is 2.67. The Kier molecular flexibility index (Phi) is 5.59. The van der Waals surface area contributed by atoms with E-state index in [-0.39, 0.29) is 11.5 Å². The highest BCUT2D eigenvalue weighted by atomic mass is 79.9. The van der Waals surface area contributed by atoms with Gasteiger partial charge < -0.3 is 0 Å². The maximum Gasteiger partial charge on any atom is 0.196 e. The van der Waals surface area contributed by atoms with Gasteiger partial charge in [0.05, 0.1) is 11.9 Å². The molecule has 0 unspecified atom stereocenters. The number of ketones is 1. The molecule has 0 radical (unpaired) electrons. The number of halogens is 1. The van der Waals surface area contributed by atoms with Crippen molar-refractivity contribution in [2.24, 2.45) is 0 Å². The highest BCUT2D eigenvalue weighted by molar-refractivity contribution is 9.10. The monoisotopic (exact) mass is 451 g/mol. The van der Waals surface area contributed by atoms with E-state index in [1.165, 1.54) is 11.8 Å². The average Bonchev–Trinajstić information content (AvgIpc) is 3.17. The number of hydrogen-bond acceptors (Lipinski definition) is 6. The van der Waals surface area contributed by atoms with Crippen molar-refractivity contribution in [1.29, 1.82) is 0 Å². The first-order chi connectivity index (χ1) is 13.7. The SMILES string of the molecule is O=C(CSc1nnc(-c2cnccn2)n1-c1ccccc1)c1ccccc1Br. The van der Waals surface area contributed by atoms with Gasteiger partial charge in [0, 0.05) is 28.1 Å². The Morgan fingerprint density at radius 3 is 2.54 bits per heavy atom. The van der Waals surface area contributed by atoms with Crippen LogP contribution in [0.3, 0.4) is 0 Å². The van der Waals surface area contributed by atoms with Gasteiger partial charge in [0.1, 0.15) is 5.69 Å². The van der Waals surface area contributed by atoms with E-state index in [0.29, 0.717) is 22.2 Å². The molecule has 0 bridgehead atoms. The van der Waals surface area contributed by atoms with Crippen LogP contribution in [0.4, 0.5) is 0 Å².